The van der Waals surface area contributed by atoms with Gasteiger partial charge in [0.1, 0.15) is 5.82 Å². The number of fused-ring (bicyclic) bond motifs is 1. The van der Waals surface area contributed by atoms with Crippen LogP contribution in [0.25, 0.3) is 11.0 Å². The van der Waals surface area contributed by atoms with E-state index < -0.39 is 5.97 Å². The van der Waals surface area contributed by atoms with E-state index in [4.69, 9.17) is 5.11 Å². The van der Waals surface area contributed by atoms with Crippen LogP contribution in [0.5, 0.6) is 0 Å². The SMILES string of the molecule is Cc1nc2ccc(C(=O)O)cc2n1C(C)CCC(C)C. The van der Waals surface area contributed by atoms with Crippen molar-refractivity contribution in [2.75, 3.05) is 0 Å². The van der Waals surface area contributed by atoms with Gasteiger partial charge in [0.25, 0.3) is 0 Å². The predicted octanol–water partition coefficient (Wildman–Crippen LogP) is 4.04. The minimum Gasteiger partial charge on any atom is -0.478 e. The number of aromatic nitrogens is 2. The zero-order chi connectivity index (χ0) is 14.9. The van der Waals surface area contributed by atoms with Crippen molar-refractivity contribution in [2.45, 2.75) is 46.6 Å². The van der Waals surface area contributed by atoms with Gasteiger partial charge >= 0.3 is 5.97 Å². The molecule has 0 amide bonds. The van der Waals surface area contributed by atoms with Crippen LogP contribution in [0.4, 0.5) is 0 Å². The highest BCUT2D eigenvalue weighted by molar-refractivity contribution is 5.92. The smallest absolute Gasteiger partial charge is 0.335 e. The van der Waals surface area contributed by atoms with Crippen LogP contribution in [0.3, 0.4) is 0 Å². The molecular formula is C16H22N2O2. The van der Waals surface area contributed by atoms with Crippen molar-refractivity contribution in [3.63, 3.8) is 0 Å². The lowest BCUT2D eigenvalue weighted by Crippen LogP contribution is -2.08. The summed E-state index contributed by atoms with van der Waals surface area (Å²) in [5, 5.41) is 9.13. The summed E-state index contributed by atoms with van der Waals surface area (Å²) >= 11 is 0. The monoisotopic (exact) mass is 274 g/mol. The average Bonchev–Trinajstić information content (AvgIpc) is 2.70. The van der Waals surface area contributed by atoms with Crippen LogP contribution in [0.1, 0.15) is 55.8 Å². The Morgan fingerprint density at radius 3 is 2.60 bits per heavy atom. The van der Waals surface area contributed by atoms with E-state index in [-0.39, 0.29) is 0 Å². The largest absolute Gasteiger partial charge is 0.478 e. The number of nitrogens with zero attached hydrogens (tertiary/aromatic N) is 2. The van der Waals surface area contributed by atoms with E-state index in [0.29, 0.717) is 17.5 Å². The first-order valence-electron chi connectivity index (χ1n) is 7.12. The van der Waals surface area contributed by atoms with Crippen LogP contribution in [0.15, 0.2) is 18.2 Å². The molecule has 0 spiro atoms. The molecule has 1 unspecified atom stereocenters. The Kier molecular flexibility index (Phi) is 4.12. The van der Waals surface area contributed by atoms with Crippen LogP contribution in [0.2, 0.25) is 0 Å². The molecule has 0 bridgehead atoms. The van der Waals surface area contributed by atoms with Gasteiger partial charge in [0.15, 0.2) is 0 Å². The van der Waals surface area contributed by atoms with Crippen molar-refractivity contribution in [1.82, 2.24) is 9.55 Å². The van der Waals surface area contributed by atoms with Crippen molar-refractivity contribution in [1.29, 1.82) is 0 Å². The Balaban J connectivity index is 2.42. The highest BCUT2D eigenvalue weighted by atomic mass is 16.4. The van der Waals surface area contributed by atoms with Crippen LogP contribution < -0.4 is 0 Å². The first kappa shape index (κ1) is 14.6. The second kappa shape index (κ2) is 5.65. The Bertz CT molecular complexity index is 629. The Morgan fingerprint density at radius 2 is 2.00 bits per heavy atom. The summed E-state index contributed by atoms with van der Waals surface area (Å²) in [6, 6.07) is 5.45. The van der Waals surface area contributed by atoms with Crippen molar-refractivity contribution in [2.24, 2.45) is 5.92 Å². The fourth-order valence-corrected chi connectivity index (χ4v) is 2.61. The van der Waals surface area contributed by atoms with E-state index >= 15 is 0 Å². The maximum Gasteiger partial charge on any atom is 0.335 e. The maximum absolute atomic E-state index is 11.1. The molecule has 2 aromatic rings. The molecule has 0 aliphatic heterocycles. The van der Waals surface area contributed by atoms with Crippen molar-refractivity contribution in [3.05, 3.63) is 29.6 Å². The van der Waals surface area contributed by atoms with Gasteiger partial charge in [-0.3, -0.25) is 0 Å². The number of carbonyl (C=O) groups is 1. The summed E-state index contributed by atoms with van der Waals surface area (Å²) in [7, 11) is 0. The topological polar surface area (TPSA) is 55.1 Å². The third-order valence-corrected chi connectivity index (χ3v) is 3.72. The zero-order valence-electron chi connectivity index (χ0n) is 12.6. The van der Waals surface area contributed by atoms with Gasteiger partial charge in [0, 0.05) is 6.04 Å². The van der Waals surface area contributed by atoms with Gasteiger partial charge in [-0.05, 0) is 50.8 Å². The molecule has 0 fully saturated rings. The highest BCUT2D eigenvalue weighted by Crippen LogP contribution is 2.25. The standard InChI is InChI=1S/C16H22N2O2/c1-10(2)5-6-11(3)18-12(4)17-14-8-7-13(16(19)20)9-15(14)18/h7-11H,5-6H2,1-4H3,(H,19,20). The number of benzene rings is 1. The summed E-state index contributed by atoms with van der Waals surface area (Å²) in [5.41, 5.74) is 2.09. The first-order valence-corrected chi connectivity index (χ1v) is 7.12. The summed E-state index contributed by atoms with van der Waals surface area (Å²) in [6.07, 6.45) is 2.22. The summed E-state index contributed by atoms with van der Waals surface area (Å²) in [6.45, 7) is 8.58. The van der Waals surface area contributed by atoms with Crippen molar-refractivity contribution >= 4 is 17.0 Å². The Labute approximate surface area is 119 Å². The molecule has 1 atom stereocenters. The maximum atomic E-state index is 11.1. The van der Waals surface area contributed by atoms with Gasteiger partial charge in [-0.15, -0.1) is 0 Å². The normalized spacial score (nSPS) is 13.1. The summed E-state index contributed by atoms with van der Waals surface area (Å²) in [5.74, 6) is 0.716. The molecular weight excluding hydrogens is 252 g/mol. The van der Waals surface area contributed by atoms with Gasteiger partial charge in [-0.1, -0.05) is 13.8 Å². The van der Waals surface area contributed by atoms with Crippen molar-refractivity contribution < 1.29 is 9.90 Å². The molecule has 2 rings (SSSR count). The first-order chi connectivity index (χ1) is 9.40. The molecule has 0 saturated carbocycles. The number of hydrogen-bond donors (Lipinski definition) is 1. The lowest BCUT2D eigenvalue weighted by Gasteiger charge is -2.17. The number of aromatic carboxylic acids is 1. The van der Waals surface area contributed by atoms with Crippen LogP contribution in [-0.2, 0) is 0 Å². The van der Waals surface area contributed by atoms with Gasteiger partial charge in [-0.2, -0.15) is 0 Å². The molecule has 108 valence electrons. The van der Waals surface area contributed by atoms with E-state index in [1.54, 1.807) is 18.2 Å². The number of carboxylic acid groups (broad SMARTS) is 1. The van der Waals surface area contributed by atoms with Crippen molar-refractivity contribution in [3.8, 4) is 0 Å². The third-order valence-electron chi connectivity index (χ3n) is 3.72. The second-order valence-electron chi connectivity index (χ2n) is 5.86. The number of aryl methyl sites for hydroxylation is 1. The molecule has 1 heterocycles. The van der Waals surface area contributed by atoms with Crippen LogP contribution in [-0.4, -0.2) is 20.6 Å². The summed E-state index contributed by atoms with van der Waals surface area (Å²) in [4.78, 5) is 15.6. The zero-order valence-corrected chi connectivity index (χ0v) is 12.6. The minimum atomic E-state index is -0.896. The van der Waals surface area contributed by atoms with Gasteiger partial charge < -0.3 is 9.67 Å². The molecule has 1 aromatic carbocycles. The lowest BCUT2D eigenvalue weighted by molar-refractivity contribution is 0.0697. The van der Waals surface area contributed by atoms with E-state index in [9.17, 15) is 4.79 Å². The molecule has 0 saturated heterocycles. The fourth-order valence-electron chi connectivity index (χ4n) is 2.61. The molecule has 4 nitrogen and oxygen atoms in total. The fraction of sp³-hybridized carbons (Fsp3) is 0.500. The van der Waals surface area contributed by atoms with Gasteiger partial charge in [0.05, 0.1) is 16.6 Å². The lowest BCUT2D eigenvalue weighted by atomic mass is 10.0. The second-order valence-corrected chi connectivity index (χ2v) is 5.86. The number of imidazole rings is 1. The van der Waals surface area contributed by atoms with E-state index in [1.807, 2.05) is 6.92 Å². The summed E-state index contributed by atoms with van der Waals surface area (Å²) < 4.78 is 2.16. The molecule has 1 aromatic heterocycles. The average molecular weight is 274 g/mol. The molecule has 0 aliphatic carbocycles. The predicted molar refractivity (Wildman–Crippen MR) is 80.2 cm³/mol. The van der Waals surface area contributed by atoms with Gasteiger partial charge in [0.2, 0.25) is 0 Å². The molecule has 4 heteroatoms. The molecule has 1 N–H and O–H groups in total. The quantitative estimate of drug-likeness (QED) is 0.895. The van der Waals surface area contributed by atoms with Crippen LogP contribution in [0, 0.1) is 12.8 Å². The Morgan fingerprint density at radius 1 is 1.30 bits per heavy atom. The third kappa shape index (κ3) is 2.84. The minimum absolute atomic E-state index is 0.315. The number of hydrogen-bond acceptors (Lipinski definition) is 2. The Hall–Kier alpha value is -1.84. The van der Waals surface area contributed by atoms with E-state index in [2.05, 4.69) is 30.3 Å². The van der Waals surface area contributed by atoms with E-state index in [0.717, 1.165) is 29.7 Å². The van der Waals surface area contributed by atoms with E-state index in [1.165, 1.54) is 0 Å². The van der Waals surface area contributed by atoms with Crippen LogP contribution >= 0.6 is 0 Å². The van der Waals surface area contributed by atoms with Gasteiger partial charge in [-0.25, -0.2) is 9.78 Å². The highest BCUT2D eigenvalue weighted by Gasteiger charge is 2.15. The molecule has 0 aliphatic rings. The molecule has 0 radical (unpaired) electrons. The molecule has 20 heavy (non-hydrogen) atoms. The number of rotatable bonds is 5. The number of carboxylic acids is 1.